The van der Waals surface area contributed by atoms with E-state index < -0.39 is 29.3 Å². The van der Waals surface area contributed by atoms with Gasteiger partial charge in [0, 0.05) is 11.3 Å². The fourth-order valence-electron chi connectivity index (χ4n) is 4.69. The normalized spacial score (nSPS) is 16.0. The topological polar surface area (TPSA) is 92.6 Å². The van der Waals surface area contributed by atoms with Gasteiger partial charge in [-0.1, -0.05) is 95.9 Å². The first kappa shape index (κ1) is 28.3. The number of hydrogen-bond donors (Lipinski definition) is 1. The van der Waals surface area contributed by atoms with Crippen molar-refractivity contribution in [2.45, 2.75) is 23.1 Å². The van der Waals surface area contributed by atoms with Gasteiger partial charge in [0.15, 0.2) is 4.34 Å². The zero-order valence-corrected chi connectivity index (χ0v) is 24.4. The largest absolute Gasteiger partial charge is 0.507 e. The number of carbonyl (C=O) groups excluding carboxylic acids is 2. The van der Waals surface area contributed by atoms with Gasteiger partial charge in [-0.15, -0.1) is 10.2 Å². The van der Waals surface area contributed by atoms with Crippen LogP contribution in [-0.2, 0) is 15.3 Å². The molecule has 1 aromatic heterocycles. The van der Waals surface area contributed by atoms with Gasteiger partial charge in [-0.3, -0.25) is 14.5 Å². The van der Waals surface area contributed by atoms with Crippen molar-refractivity contribution >= 4 is 45.7 Å². The fourth-order valence-corrected chi connectivity index (χ4v) is 6.51. The summed E-state index contributed by atoms with van der Waals surface area (Å²) in [4.78, 5) is 28.4. The first-order valence-corrected chi connectivity index (χ1v) is 15.1. The molecule has 1 fully saturated rings. The Labute approximate surface area is 255 Å². The lowest BCUT2D eigenvalue weighted by molar-refractivity contribution is -0.132. The second-order valence-corrected chi connectivity index (χ2v) is 11.9. The number of halogens is 1. The summed E-state index contributed by atoms with van der Waals surface area (Å²) in [6.45, 7) is 1.60. The van der Waals surface area contributed by atoms with E-state index in [1.165, 1.54) is 40.1 Å². The molecule has 0 unspecified atom stereocenters. The van der Waals surface area contributed by atoms with Crippen LogP contribution in [-0.4, -0.2) is 27.0 Å². The quantitative estimate of drug-likeness (QED) is 0.0634. The zero-order valence-electron chi connectivity index (χ0n) is 22.8. The van der Waals surface area contributed by atoms with E-state index in [1.807, 2.05) is 48.5 Å². The number of amides is 1. The predicted octanol–water partition coefficient (Wildman–Crippen LogP) is 7.70. The van der Waals surface area contributed by atoms with Gasteiger partial charge >= 0.3 is 5.91 Å². The number of aromatic nitrogens is 2. The van der Waals surface area contributed by atoms with E-state index in [9.17, 15) is 19.1 Å². The molecular weight excluding hydrogens is 586 g/mol. The summed E-state index contributed by atoms with van der Waals surface area (Å²) >= 11 is 2.63. The molecule has 7 nitrogen and oxygen atoms in total. The molecule has 0 aliphatic carbocycles. The number of anilines is 1. The first-order chi connectivity index (χ1) is 20.9. The molecule has 0 radical (unpaired) electrons. The molecule has 1 aliphatic rings. The van der Waals surface area contributed by atoms with Gasteiger partial charge in [-0.2, -0.15) is 0 Å². The number of ether oxygens (including phenoxy) is 1. The minimum absolute atomic E-state index is 0.0826. The lowest BCUT2D eigenvalue weighted by atomic mass is 9.95. The molecule has 1 atom stereocenters. The third kappa shape index (κ3) is 5.93. The Bertz CT molecular complexity index is 1840. The summed E-state index contributed by atoms with van der Waals surface area (Å²) in [5, 5.41) is 20.1. The molecule has 2 heterocycles. The standard InChI is InChI=1S/C33H24FN3O4S2/c1-20-15-16-23(18-26(20)34)29(38)27-28(22-11-8-14-25(17-22)41-24-12-6-3-7-13-24)37(31(40)30(27)39)32-35-36-33(43-32)42-19-21-9-4-2-5-10-21/h2-18,28,38H,19H2,1H3/t28-/m1/s1. The van der Waals surface area contributed by atoms with E-state index in [4.69, 9.17) is 4.74 Å². The van der Waals surface area contributed by atoms with E-state index in [0.29, 0.717) is 32.7 Å². The average molecular weight is 610 g/mol. The number of aliphatic hydroxyl groups is 1. The molecule has 1 N–H and O–H groups in total. The van der Waals surface area contributed by atoms with Crippen LogP contribution in [0, 0.1) is 12.7 Å². The van der Waals surface area contributed by atoms with Crippen molar-refractivity contribution in [1.29, 1.82) is 0 Å². The molecule has 0 saturated carbocycles. The van der Waals surface area contributed by atoms with Gasteiger partial charge in [0.1, 0.15) is 23.1 Å². The summed E-state index contributed by atoms with van der Waals surface area (Å²) in [5.74, 6) is -1.09. The van der Waals surface area contributed by atoms with Crippen LogP contribution in [0.1, 0.15) is 28.3 Å². The number of carbonyl (C=O) groups is 2. The van der Waals surface area contributed by atoms with Crippen LogP contribution in [0.25, 0.3) is 5.76 Å². The molecule has 0 spiro atoms. The van der Waals surface area contributed by atoms with Crippen molar-refractivity contribution in [1.82, 2.24) is 10.2 Å². The maximum atomic E-state index is 14.5. The van der Waals surface area contributed by atoms with Crippen LogP contribution in [0.2, 0.25) is 0 Å². The second kappa shape index (κ2) is 12.2. The Hall–Kier alpha value is -4.80. The molecule has 1 aliphatic heterocycles. The predicted molar refractivity (Wildman–Crippen MR) is 165 cm³/mol. The van der Waals surface area contributed by atoms with Crippen LogP contribution in [0.3, 0.4) is 0 Å². The summed E-state index contributed by atoms with van der Waals surface area (Å²) in [6.07, 6.45) is 0. The maximum absolute atomic E-state index is 14.5. The number of nitrogens with zero attached hydrogens (tertiary/aromatic N) is 3. The molecule has 1 saturated heterocycles. The van der Waals surface area contributed by atoms with E-state index in [0.717, 1.165) is 11.6 Å². The van der Waals surface area contributed by atoms with E-state index in [2.05, 4.69) is 10.2 Å². The Morgan fingerprint density at radius 1 is 0.930 bits per heavy atom. The summed E-state index contributed by atoms with van der Waals surface area (Å²) < 4.78 is 21.1. The lowest BCUT2D eigenvalue weighted by Crippen LogP contribution is -2.29. The molecule has 43 heavy (non-hydrogen) atoms. The number of rotatable bonds is 8. The van der Waals surface area contributed by atoms with Crippen LogP contribution in [0.5, 0.6) is 11.5 Å². The number of aliphatic hydroxyl groups excluding tert-OH is 1. The molecule has 10 heteroatoms. The average Bonchev–Trinajstić information content (AvgIpc) is 3.60. The minimum atomic E-state index is -1.07. The zero-order chi connectivity index (χ0) is 29.9. The smallest absolute Gasteiger partial charge is 0.301 e. The molecule has 1 amide bonds. The summed E-state index contributed by atoms with van der Waals surface area (Å²) in [7, 11) is 0. The van der Waals surface area contributed by atoms with Crippen molar-refractivity contribution in [2.24, 2.45) is 0 Å². The number of Topliss-reactive ketones (excluding diaryl/α,β-unsaturated/α-hetero) is 1. The monoisotopic (exact) mass is 609 g/mol. The Morgan fingerprint density at radius 2 is 1.65 bits per heavy atom. The third-order valence-corrected chi connectivity index (χ3v) is 8.98. The summed E-state index contributed by atoms with van der Waals surface area (Å²) in [5.41, 5.74) is 1.88. The Morgan fingerprint density at radius 3 is 2.40 bits per heavy atom. The number of hydrogen-bond acceptors (Lipinski definition) is 8. The van der Waals surface area contributed by atoms with Crippen LogP contribution in [0.15, 0.2) is 113 Å². The highest BCUT2D eigenvalue weighted by atomic mass is 32.2. The number of benzene rings is 4. The number of thioether (sulfide) groups is 1. The highest BCUT2D eigenvalue weighted by Gasteiger charge is 2.48. The fraction of sp³-hybridized carbons (Fsp3) is 0.0909. The van der Waals surface area contributed by atoms with Gasteiger partial charge in [0.2, 0.25) is 5.13 Å². The van der Waals surface area contributed by atoms with Crippen molar-refractivity contribution in [2.75, 3.05) is 4.90 Å². The molecule has 5 aromatic rings. The number of para-hydroxylation sites is 1. The van der Waals surface area contributed by atoms with Gasteiger partial charge in [-0.25, -0.2) is 4.39 Å². The van der Waals surface area contributed by atoms with E-state index in [-0.39, 0.29) is 16.3 Å². The van der Waals surface area contributed by atoms with Crippen molar-refractivity contribution < 1.29 is 23.8 Å². The first-order valence-electron chi connectivity index (χ1n) is 13.3. The highest BCUT2D eigenvalue weighted by molar-refractivity contribution is 8.00. The van der Waals surface area contributed by atoms with Gasteiger partial charge in [0.25, 0.3) is 5.78 Å². The summed E-state index contributed by atoms with van der Waals surface area (Å²) in [6, 6.07) is 29.1. The van der Waals surface area contributed by atoms with Crippen LogP contribution >= 0.6 is 23.1 Å². The number of ketones is 1. The van der Waals surface area contributed by atoms with Crippen molar-refractivity contribution in [3.8, 4) is 11.5 Å². The maximum Gasteiger partial charge on any atom is 0.301 e. The SMILES string of the molecule is Cc1ccc(C(O)=C2C(=O)C(=O)N(c3nnc(SCc4ccccc4)s3)[C@@H]2c2cccc(Oc3ccccc3)c2)cc1F. The number of aryl methyl sites for hydroxylation is 1. The Kier molecular flexibility index (Phi) is 8.04. The molecule has 214 valence electrons. The minimum Gasteiger partial charge on any atom is -0.507 e. The van der Waals surface area contributed by atoms with Gasteiger partial charge in [0.05, 0.1) is 11.6 Å². The molecular formula is C33H24FN3O4S2. The van der Waals surface area contributed by atoms with Crippen LogP contribution in [0.4, 0.5) is 9.52 Å². The Balaban J connectivity index is 1.42. The molecule has 0 bridgehead atoms. The second-order valence-electron chi connectivity index (χ2n) is 9.75. The van der Waals surface area contributed by atoms with Crippen LogP contribution < -0.4 is 9.64 Å². The molecule has 6 rings (SSSR count). The van der Waals surface area contributed by atoms with Crippen molar-refractivity contribution in [3.05, 3.63) is 137 Å². The van der Waals surface area contributed by atoms with E-state index in [1.54, 1.807) is 43.3 Å². The molecule has 4 aromatic carbocycles. The van der Waals surface area contributed by atoms with Gasteiger partial charge < -0.3 is 9.84 Å². The van der Waals surface area contributed by atoms with Gasteiger partial charge in [-0.05, 0) is 53.9 Å². The third-order valence-electron chi connectivity index (χ3n) is 6.85. The van der Waals surface area contributed by atoms with Crippen molar-refractivity contribution in [3.63, 3.8) is 0 Å². The lowest BCUT2D eigenvalue weighted by Gasteiger charge is -2.23. The highest BCUT2D eigenvalue weighted by Crippen LogP contribution is 2.45. The van der Waals surface area contributed by atoms with E-state index >= 15 is 0 Å².